The molecule has 0 fully saturated rings. The summed E-state index contributed by atoms with van der Waals surface area (Å²) in [5.41, 5.74) is 0.869. The van der Waals surface area contributed by atoms with E-state index in [-0.39, 0.29) is 11.9 Å². The molecule has 2 rings (SSSR count). The average Bonchev–Trinajstić information content (AvgIpc) is 2.27. The summed E-state index contributed by atoms with van der Waals surface area (Å²) in [5, 5.41) is 0. The van der Waals surface area contributed by atoms with Crippen LogP contribution in [0.4, 0.5) is 11.5 Å². The van der Waals surface area contributed by atoms with Crippen LogP contribution in [0.2, 0.25) is 0 Å². The highest BCUT2D eigenvalue weighted by molar-refractivity contribution is 9.10. The quantitative estimate of drug-likeness (QED) is 0.740. The molecule has 1 aromatic heterocycles. The lowest BCUT2D eigenvalue weighted by Gasteiger charge is -2.38. The number of likely N-dealkylation sites (N-methyl/N-ethyl adjacent to an activating group) is 2. The van der Waals surface area contributed by atoms with Crippen molar-refractivity contribution in [2.24, 2.45) is 0 Å². The molecule has 2 heterocycles. The lowest BCUT2D eigenvalue weighted by Crippen LogP contribution is -2.51. The first-order valence-corrected chi connectivity index (χ1v) is 6.06. The first kappa shape index (κ1) is 11.4. The van der Waals surface area contributed by atoms with Crippen LogP contribution < -0.4 is 9.80 Å². The van der Waals surface area contributed by atoms with Gasteiger partial charge in [0.05, 0.1) is 5.69 Å². The molecular weight excluding hydrogens is 270 g/mol. The van der Waals surface area contributed by atoms with Crippen LogP contribution in [-0.2, 0) is 4.79 Å². The number of anilines is 2. The Hall–Kier alpha value is -1.10. The highest BCUT2D eigenvalue weighted by atomic mass is 79.9. The molecule has 0 N–H and O–H groups in total. The number of hydrogen-bond donors (Lipinski definition) is 0. The molecule has 0 aliphatic carbocycles. The maximum absolute atomic E-state index is 12.0. The van der Waals surface area contributed by atoms with Crippen LogP contribution in [0.3, 0.4) is 0 Å². The molecule has 0 radical (unpaired) electrons. The van der Waals surface area contributed by atoms with Gasteiger partial charge in [-0.3, -0.25) is 4.79 Å². The minimum Gasteiger partial charge on any atom is -0.343 e. The van der Waals surface area contributed by atoms with E-state index in [0.29, 0.717) is 0 Å². The van der Waals surface area contributed by atoms with Gasteiger partial charge in [0.15, 0.2) is 5.82 Å². The van der Waals surface area contributed by atoms with E-state index in [9.17, 15) is 4.79 Å². The average molecular weight is 284 g/mol. The topological polar surface area (TPSA) is 36.4 Å². The summed E-state index contributed by atoms with van der Waals surface area (Å²) in [6.45, 7) is 4.71. The zero-order valence-corrected chi connectivity index (χ0v) is 11.2. The van der Waals surface area contributed by atoms with Crippen molar-refractivity contribution >= 4 is 33.3 Å². The fourth-order valence-corrected chi connectivity index (χ4v) is 2.33. The molecule has 86 valence electrons. The van der Waals surface area contributed by atoms with Crippen LogP contribution in [0.25, 0.3) is 0 Å². The summed E-state index contributed by atoms with van der Waals surface area (Å²) in [6, 6.07) is 3.62. The zero-order chi connectivity index (χ0) is 11.9. The van der Waals surface area contributed by atoms with E-state index in [4.69, 9.17) is 0 Å². The van der Waals surface area contributed by atoms with E-state index in [1.165, 1.54) is 0 Å². The minimum atomic E-state index is -0.149. The monoisotopic (exact) mass is 283 g/mol. The van der Waals surface area contributed by atoms with Crippen LogP contribution in [0, 0.1) is 0 Å². The van der Waals surface area contributed by atoms with Crippen molar-refractivity contribution in [3.63, 3.8) is 0 Å². The Bertz CT molecular complexity index is 435. The third kappa shape index (κ3) is 1.59. The summed E-state index contributed by atoms with van der Waals surface area (Å²) >= 11 is 3.36. The number of carbonyl (C=O) groups excluding carboxylic acids is 1. The van der Waals surface area contributed by atoms with Crippen LogP contribution in [0.5, 0.6) is 0 Å². The molecular formula is C11H14BrN3O. The number of rotatable bonds is 1. The predicted octanol–water partition coefficient (Wildman–Crippen LogP) is 2.04. The molecule has 0 saturated carbocycles. The Kier molecular flexibility index (Phi) is 2.88. The van der Waals surface area contributed by atoms with E-state index in [0.717, 1.165) is 22.7 Å². The normalized spacial score (nSPS) is 20.0. The highest BCUT2D eigenvalue weighted by Gasteiger charge is 2.33. The summed E-state index contributed by atoms with van der Waals surface area (Å²) in [6.07, 6.45) is 0. The standard InChI is InChI=1S/C11H14BrN3O/c1-4-15-7(2)11(16)14(3)8-5-6-9(12)13-10(8)15/h5-7H,4H2,1-3H3. The molecule has 5 heteroatoms. The first-order chi connectivity index (χ1) is 7.56. The van der Waals surface area contributed by atoms with Crippen molar-refractivity contribution in [2.45, 2.75) is 19.9 Å². The smallest absolute Gasteiger partial charge is 0.249 e. The Balaban J connectivity index is 2.58. The molecule has 1 aliphatic rings. The van der Waals surface area contributed by atoms with Gasteiger partial charge in [0.1, 0.15) is 10.6 Å². The van der Waals surface area contributed by atoms with E-state index in [2.05, 4.69) is 20.9 Å². The molecule has 4 nitrogen and oxygen atoms in total. The first-order valence-electron chi connectivity index (χ1n) is 5.27. The van der Waals surface area contributed by atoms with Gasteiger partial charge in [-0.15, -0.1) is 0 Å². The Morgan fingerprint density at radius 2 is 2.19 bits per heavy atom. The number of hydrogen-bond acceptors (Lipinski definition) is 3. The molecule has 1 aliphatic heterocycles. The van der Waals surface area contributed by atoms with Crippen molar-refractivity contribution < 1.29 is 4.79 Å². The van der Waals surface area contributed by atoms with Gasteiger partial charge < -0.3 is 9.80 Å². The van der Waals surface area contributed by atoms with E-state index in [1.54, 1.807) is 11.9 Å². The molecule has 0 aromatic carbocycles. The summed E-state index contributed by atoms with van der Waals surface area (Å²) < 4.78 is 0.791. The number of halogens is 1. The molecule has 1 amide bonds. The number of amides is 1. The maximum atomic E-state index is 12.0. The molecule has 1 atom stereocenters. The SMILES string of the molecule is CCN1c2nc(Br)ccc2N(C)C(=O)C1C. The molecule has 0 spiro atoms. The zero-order valence-electron chi connectivity index (χ0n) is 9.57. The summed E-state index contributed by atoms with van der Waals surface area (Å²) in [4.78, 5) is 20.1. The van der Waals surface area contributed by atoms with Crippen molar-refractivity contribution in [2.75, 3.05) is 23.4 Å². The number of carbonyl (C=O) groups is 1. The number of aromatic nitrogens is 1. The third-order valence-electron chi connectivity index (χ3n) is 2.95. The van der Waals surface area contributed by atoms with Gasteiger partial charge in [0.2, 0.25) is 5.91 Å². The molecule has 1 unspecified atom stereocenters. The lowest BCUT2D eigenvalue weighted by molar-refractivity contribution is -0.119. The predicted molar refractivity (Wildman–Crippen MR) is 67.8 cm³/mol. The minimum absolute atomic E-state index is 0.110. The van der Waals surface area contributed by atoms with Crippen molar-refractivity contribution in [1.29, 1.82) is 0 Å². The third-order valence-corrected chi connectivity index (χ3v) is 3.39. The van der Waals surface area contributed by atoms with Gasteiger partial charge in [-0.2, -0.15) is 0 Å². The Morgan fingerprint density at radius 1 is 1.50 bits per heavy atom. The second-order valence-corrected chi connectivity index (χ2v) is 4.65. The van der Waals surface area contributed by atoms with Gasteiger partial charge in [-0.25, -0.2) is 4.98 Å². The number of pyridine rings is 1. The van der Waals surface area contributed by atoms with Gasteiger partial charge in [0, 0.05) is 13.6 Å². The van der Waals surface area contributed by atoms with E-state index in [1.807, 2.05) is 30.9 Å². The van der Waals surface area contributed by atoms with Crippen LogP contribution in [0.15, 0.2) is 16.7 Å². The molecule has 0 saturated heterocycles. The van der Waals surface area contributed by atoms with Gasteiger partial charge in [0.25, 0.3) is 0 Å². The highest BCUT2D eigenvalue weighted by Crippen LogP contribution is 2.34. The summed E-state index contributed by atoms with van der Waals surface area (Å²) in [7, 11) is 1.79. The number of fused-ring (bicyclic) bond motifs is 1. The van der Waals surface area contributed by atoms with E-state index >= 15 is 0 Å². The largest absolute Gasteiger partial charge is 0.343 e. The fraction of sp³-hybridized carbons (Fsp3) is 0.455. The number of nitrogens with zero attached hydrogens (tertiary/aromatic N) is 3. The fourth-order valence-electron chi connectivity index (χ4n) is 2.03. The van der Waals surface area contributed by atoms with Crippen LogP contribution in [0.1, 0.15) is 13.8 Å². The second-order valence-electron chi connectivity index (χ2n) is 3.84. The van der Waals surface area contributed by atoms with Crippen LogP contribution >= 0.6 is 15.9 Å². The second kappa shape index (κ2) is 4.05. The maximum Gasteiger partial charge on any atom is 0.249 e. The molecule has 0 bridgehead atoms. The molecule has 16 heavy (non-hydrogen) atoms. The van der Waals surface area contributed by atoms with Crippen molar-refractivity contribution in [3.05, 3.63) is 16.7 Å². The van der Waals surface area contributed by atoms with Gasteiger partial charge in [-0.1, -0.05) is 0 Å². The summed E-state index contributed by atoms with van der Waals surface area (Å²) in [5.74, 6) is 0.977. The van der Waals surface area contributed by atoms with Gasteiger partial charge in [-0.05, 0) is 41.9 Å². The lowest BCUT2D eigenvalue weighted by atomic mass is 10.1. The van der Waals surface area contributed by atoms with Crippen LogP contribution in [-0.4, -0.2) is 30.5 Å². The van der Waals surface area contributed by atoms with Gasteiger partial charge >= 0.3 is 0 Å². The Morgan fingerprint density at radius 3 is 2.81 bits per heavy atom. The van der Waals surface area contributed by atoms with E-state index < -0.39 is 0 Å². The molecule has 1 aromatic rings. The Labute approximate surface area is 103 Å². The van der Waals surface area contributed by atoms with Crippen molar-refractivity contribution in [1.82, 2.24) is 4.98 Å². The van der Waals surface area contributed by atoms with Crippen molar-refractivity contribution in [3.8, 4) is 0 Å².